The third kappa shape index (κ3) is 3.47. The first-order chi connectivity index (χ1) is 15.1. The molecule has 2 N–H and O–H groups in total. The number of aromatic carboxylic acids is 1. The molecule has 7 nitrogen and oxygen atoms in total. The van der Waals surface area contributed by atoms with Crippen LogP contribution < -0.4 is 5.32 Å². The first-order valence-electron chi connectivity index (χ1n) is 9.51. The first-order valence-corrected chi connectivity index (χ1v) is 10.5. The molecule has 0 saturated carbocycles. The van der Waals surface area contributed by atoms with Crippen molar-refractivity contribution >= 4 is 29.3 Å². The number of carboxylic acid groups (broad SMARTS) is 1. The summed E-state index contributed by atoms with van der Waals surface area (Å²) in [6.45, 7) is 0. The highest BCUT2D eigenvalue weighted by Gasteiger charge is 2.29. The minimum Gasteiger partial charge on any atom is -0.476 e. The van der Waals surface area contributed by atoms with Crippen LogP contribution in [0.4, 0.5) is 5.69 Å². The minimum atomic E-state index is -1.07. The zero-order valence-corrected chi connectivity index (χ0v) is 17.0. The molecule has 0 aliphatic carbocycles. The second-order valence-corrected chi connectivity index (χ2v) is 7.94. The van der Waals surface area contributed by atoms with Crippen molar-refractivity contribution in [2.24, 2.45) is 0 Å². The van der Waals surface area contributed by atoms with E-state index in [-0.39, 0.29) is 11.6 Å². The predicted octanol–water partition coefficient (Wildman–Crippen LogP) is 4.49. The van der Waals surface area contributed by atoms with Gasteiger partial charge in [0.15, 0.2) is 5.69 Å². The van der Waals surface area contributed by atoms with Crippen molar-refractivity contribution in [1.82, 2.24) is 14.8 Å². The maximum Gasteiger partial charge on any atom is 0.356 e. The number of amides is 1. The fourth-order valence-electron chi connectivity index (χ4n) is 3.58. The summed E-state index contributed by atoms with van der Waals surface area (Å²) >= 11 is 1.59. The van der Waals surface area contributed by atoms with Gasteiger partial charge in [-0.05, 0) is 36.4 Å². The number of pyridine rings is 1. The number of fused-ring (bicyclic) bond motifs is 3. The summed E-state index contributed by atoms with van der Waals surface area (Å²) in [6, 6.07) is 18.3. The van der Waals surface area contributed by atoms with Gasteiger partial charge >= 0.3 is 5.97 Å². The molecule has 0 fully saturated rings. The average molecular weight is 428 g/mol. The zero-order valence-electron chi connectivity index (χ0n) is 16.1. The van der Waals surface area contributed by atoms with Gasteiger partial charge in [-0.15, -0.1) is 11.8 Å². The third-order valence-corrected chi connectivity index (χ3v) is 6.07. The number of hydrogen-bond donors (Lipinski definition) is 2. The van der Waals surface area contributed by atoms with Gasteiger partial charge in [0, 0.05) is 33.5 Å². The van der Waals surface area contributed by atoms with Gasteiger partial charge in [-0.2, -0.15) is 5.10 Å². The smallest absolute Gasteiger partial charge is 0.356 e. The lowest BCUT2D eigenvalue weighted by Gasteiger charge is -2.18. The van der Waals surface area contributed by atoms with Crippen LogP contribution in [0.15, 0.2) is 78.0 Å². The molecule has 3 heterocycles. The Morgan fingerprint density at radius 1 is 1.06 bits per heavy atom. The largest absolute Gasteiger partial charge is 0.476 e. The highest BCUT2D eigenvalue weighted by molar-refractivity contribution is 7.98. The Balaban J connectivity index is 1.60. The fourth-order valence-corrected chi connectivity index (χ4v) is 4.65. The van der Waals surface area contributed by atoms with Gasteiger partial charge in [0.25, 0.3) is 5.91 Å². The van der Waals surface area contributed by atoms with E-state index in [0.717, 1.165) is 16.2 Å². The van der Waals surface area contributed by atoms with Crippen LogP contribution in [0.1, 0.15) is 26.4 Å². The number of nitrogens with zero attached hydrogens (tertiary/aromatic N) is 3. The topological polar surface area (TPSA) is 97.1 Å². The minimum absolute atomic E-state index is 0.0298. The number of hydrogen-bond acceptors (Lipinski definition) is 5. The average Bonchev–Trinajstić information content (AvgIpc) is 3.20. The Morgan fingerprint density at radius 3 is 2.74 bits per heavy atom. The van der Waals surface area contributed by atoms with Crippen LogP contribution in [-0.2, 0) is 5.75 Å². The molecule has 1 amide bonds. The van der Waals surface area contributed by atoms with E-state index in [1.54, 1.807) is 59.2 Å². The molecule has 0 bridgehead atoms. The fraction of sp³-hybridized carbons (Fsp3) is 0.0435. The number of anilines is 1. The molecule has 5 rings (SSSR count). The van der Waals surface area contributed by atoms with E-state index in [4.69, 9.17) is 0 Å². The van der Waals surface area contributed by atoms with Crippen LogP contribution in [0.2, 0.25) is 0 Å². The molecule has 0 spiro atoms. The van der Waals surface area contributed by atoms with Gasteiger partial charge < -0.3 is 10.4 Å². The molecule has 0 atom stereocenters. The van der Waals surface area contributed by atoms with Crippen molar-refractivity contribution in [2.75, 3.05) is 5.32 Å². The summed E-state index contributed by atoms with van der Waals surface area (Å²) in [5.74, 6) is -0.833. The quantitative estimate of drug-likeness (QED) is 0.497. The molecule has 0 saturated heterocycles. The number of aromatic nitrogens is 3. The van der Waals surface area contributed by atoms with Crippen LogP contribution in [0.3, 0.4) is 0 Å². The zero-order chi connectivity index (χ0) is 21.4. The van der Waals surface area contributed by atoms with Crippen molar-refractivity contribution in [3.05, 3.63) is 89.9 Å². The monoisotopic (exact) mass is 428 g/mol. The van der Waals surface area contributed by atoms with E-state index in [1.165, 1.54) is 0 Å². The number of nitrogens with one attached hydrogen (secondary N) is 1. The maximum atomic E-state index is 12.7. The molecule has 2 aromatic heterocycles. The molecule has 31 heavy (non-hydrogen) atoms. The van der Waals surface area contributed by atoms with E-state index in [1.807, 2.05) is 30.3 Å². The van der Waals surface area contributed by atoms with Crippen LogP contribution in [0.5, 0.6) is 0 Å². The Hall–Kier alpha value is -3.91. The van der Waals surface area contributed by atoms with Crippen molar-refractivity contribution in [3.63, 3.8) is 0 Å². The van der Waals surface area contributed by atoms with Crippen molar-refractivity contribution in [3.8, 4) is 16.9 Å². The van der Waals surface area contributed by atoms with Crippen molar-refractivity contribution < 1.29 is 14.7 Å². The number of carbonyl (C=O) groups excluding carboxylic acids is 1. The lowest BCUT2D eigenvalue weighted by Crippen LogP contribution is -2.13. The van der Waals surface area contributed by atoms with Crippen LogP contribution in [0.25, 0.3) is 16.9 Å². The second-order valence-electron chi connectivity index (χ2n) is 6.92. The van der Waals surface area contributed by atoms with E-state index in [9.17, 15) is 14.7 Å². The summed E-state index contributed by atoms with van der Waals surface area (Å²) < 4.78 is 1.62. The maximum absolute atomic E-state index is 12.7. The van der Waals surface area contributed by atoms with Crippen molar-refractivity contribution in [2.45, 2.75) is 10.6 Å². The number of carbonyl (C=O) groups is 2. The lowest BCUT2D eigenvalue weighted by molar-refractivity contribution is 0.0689. The number of benzene rings is 2. The summed E-state index contributed by atoms with van der Waals surface area (Å²) in [5, 5.41) is 16.9. The summed E-state index contributed by atoms with van der Waals surface area (Å²) in [5.41, 5.74) is 4.03. The lowest BCUT2D eigenvalue weighted by atomic mass is 10.1. The molecule has 0 unspecified atom stereocenters. The van der Waals surface area contributed by atoms with Gasteiger partial charge in [-0.1, -0.05) is 24.3 Å². The molecular weight excluding hydrogens is 412 g/mol. The number of thioether (sulfide) groups is 1. The van der Waals surface area contributed by atoms with E-state index >= 15 is 0 Å². The molecule has 8 heteroatoms. The molecule has 4 aromatic rings. The summed E-state index contributed by atoms with van der Waals surface area (Å²) in [6.07, 6.45) is 3.20. The van der Waals surface area contributed by atoms with Gasteiger partial charge in [-0.3, -0.25) is 9.78 Å². The molecule has 152 valence electrons. The van der Waals surface area contributed by atoms with Gasteiger partial charge in [0.2, 0.25) is 0 Å². The molecule has 0 radical (unpaired) electrons. The first kappa shape index (κ1) is 19.1. The molecule has 1 aliphatic rings. The number of rotatable bonds is 4. The molecule has 1 aliphatic heterocycles. The second kappa shape index (κ2) is 7.73. The van der Waals surface area contributed by atoms with Crippen LogP contribution >= 0.6 is 11.8 Å². The van der Waals surface area contributed by atoms with E-state index < -0.39 is 5.97 Å². The summed E-state index contributed by atoms with van der Waals surface area (Å²) in [4.78, 5) is 29.7. The number of carboxylic acids is 1. The molecular formula is C23H16N4O3S. The summed E-state index contributed by atoms with van der Waals surface area (Å²) in [7, 11) is 0. The van der Waals surface area contributed by atoms with E-state index in [2.05, 4.69) is 15.4 Å². The van der Waals surface area contributed by atoms with Crippen LogP contribution in [0, 0.1) is 0 Å². The predicted molar refractivity (Wildman–Crippen MR) is 118 cm³/mol. The third-order valence-electron chi connectivity index (χ3n) is 4.97. The van der Waals surface area contributed by atoms with Crippen molar-refractivity contribution in [1.29, 1.82) is 0 Å². The highest BCUT2D eigenvalue weighted by Crippen LogP contribution is 2.43. The Labute approximate surface area is 181 Å². The Morgan fingerprint density at radius 2 is 1.94 bits per heavy atom. The SMILES string of the molecule is O=C(Nc1cccnc1)c1cccc(-n2nc(C(=O)O)c3c2-c2ccccc2SC3)c1. The van der Waals surface area contributed by atoms with Gasteiger partial charge in [0.05, 0.1) is 23.3 Å². The highest BCUT2D eigenvalue weighted by atomic mass is 32.2. The normalized spacial score (nSPS) is 12.0. The Bertz CT molecular complexity index is 1320. The van der Waals surface area contributed by atoms with E-state index in [0.29, 0.717) is 28.3 Å². The van der Waals surface area contributed by atoms with Gasteiger partial charge in [0.1, 0.15) is 0 Å². The standard InChI is InChI=1S/C23H16N4O3S/c28-22(25-15-6-4-10-24-12-15)14-5-3-7-16(11-14)27-21-17-8-1-2-9-19(17)31-13-18(21)20(26-27)23(29)30/h1-12H,13H2,(H,25,28)(H,29,30). The van der Waals surface area contributed by atoms with Crippen LogP contribution in [-0.4, -0.2) is 31.7 Å². The Kier molecular flexibility index (Phi) is 4.76. The van der Waals surface area contributed by atoms with Gasteiger partial charge in [-0.25, -0.2) is 9.48 Å². The molecule has 2 aromatic carbocycles.